The molecule has 6 heteroatoms. The topological polar surface area (TPSA) is 66.5 Å². The Labute approximate surface area is 149 Å². The van der Waals surface area contributed by atoms with Gasteiger partial charge in [-0.05, 0) is 37.5 Å². The molecule has 2 rings (SSSR count). The number of carbonyl (C=O) groups is 1. The van der Waals surface area contributed by atoms with E-state index in [2.05, 4.69) is 5.32 Å². The van der Waals surface area contributed by atoms with Gasteiger partial charge in [-0.1, -0.05) is 48.5 Å². The van der Waals surface area contributed by atoms with Crippen LogP contribution in [0.3, 0.4) is 0 Å². The average Bonchev–Trinajstić information content (AvgIpc) is 2.53. The molecular formula is C19H24N2O3S. The van der Waals surface area contributed by atoms with Crippen LogP contribution in [0.1, 0.15) is 29.7 Å². The summed E-state index contributed by atoms with van der Waals surface area (Å²) in [6.45, 7) is 5.30. The van der Waals surface area contributed by atoms with Crippen LogP contribution in [0.2, 0.25) is 0 Å². The Balaban J connectivity index is 2.22. The van der Waals surface area contributed by atoms with Crippen molar-refractivity contribution in [3.05, 3.63) is 65.2 Å². The normalized spacial score (nSPS) is 12.5. The summed E-state index contributed by atoms with van der Waals surface area (Å²) in [6, 6.07) is 14.9. The minimum absolute atomic E-state index is 0.201. The Hall–Kier alpha value is -2.34. The molecule has 0 unspecified atom stereocenters. The predicted octanol–water partition coefficient (Wildman–Crippen LogP) is 2.95. The SMILES string of the molecule is Cc1cccc(C)c1N(CC(=O)N[C@@H](C)c1ccccc1)S(C)(=O)=O. The fourth-order valence-electron chi connectivity index (χ4n) is 2.80. The molecule has 0 saturated carbocycles. The molecule has 0 radical (unpaired) electrons. The fourth-order valence-corrected chi connectivity index (χ4v) is 3.78. The highest BCUT2D eigenvalue weighted by atomic mass is 32.2. The number of rotatable bonds is 6. The number of sulfonamides is 1. The lowest BCUT2D eigenvalue weighted by Gasteiger charge is -2.26. The molecule has 0 saturated heterocycles. The van der Waals surface area contributed by atoms with Crippen molar-refractivity contribution in [2.75, 3.05) is 17.1 Å². The zero-order valence-electron chi connectivity index (χ0n) is 15.0. The van der Waals surface area contributed by atoms with Gasteiger partial charge in [0.25, 0.3) is 0 Å². The lowest BCUT2D eigenvalue weighted by molar-refractivity contribution is -0.120. The lowest BCUT2D eigenvalue weighted by Crippen LogP contribution is -2.41. The van der Waals surface area contributed by atoms with Crippen LogP contribution in [-0.4, -0.2) is 27.1 Å². The van der Waals surface area contributed by atoms with E-state index in [4.69, 9.17) is 0 Å². The van der Waals surface area contributed by atoms with Crippen molar-refractivity contribution >= 4 is 21.6 Å². The molecule has 0 heterocycles. The van der Waals surface area contributed by atoms with Gasteiger partial charge in [0.2, 0.25) is 15.9 Å². The molecule has 1 N–H and O–H groups in total. The molecule has 134 valence electrons. The van der Waals surface area contributed by atoms with Gasteiger partial charge in [-0.25, -0.2) is 8.42 Å². The van der Waals surface area contributed by atoms with E-state index in [1.807, 2.05) is 69.3 Å². The number of amides is 1. The zero-order valence-corrected chi connectivity index (χ0v) is 15.8. The zero-order chi connectivity index (χ0) is 18.6. The highest BCUT2D eigenvalue weighted by molar-refractivity contribution is 7.92. The Morgan fingerprint density at radius 1 is 1.04 bits per heavy atom. The molecule has 0 spiro atoms. The van der Waals surface area contributed by atoms with Crippen LogP contribution in [0.4, 0.5) is 5.69 Å². The Bertz CT molecular complexity index is 828. The molecule has 1 atom stereocenters. The smallest absolute Gasteiger partial charge is 0.241 e. The van der Waals surface area contributed by atoms with Crippen LogP contribution >= 0.6 is 0 Å². The molecule has 25 heavy (non-hydrogen) atoms. The third-order valence-electron chi connectivity index (χ3n) is 4.05. The molecule has 0 fully saturated rings. The number of nitrogens with one attached hydrogen (secondary N) is 1. The number of hydrogen-bond donors (Lipinski definition) is 1. The lowest BCUT2D eigenvalue weighted by atomic mass is 10.1. The number of carbonyl (C=O) groups excluding carboxylic acids is 1. The summed E-state index contributed by atoms with van der Waals surface area (Å²) in [5.41, 5.74) is 3.16. The van der Waals surface area contributed by atoms with Gasteiger partial charge in [0.1, 0.15) is 6.54 Å². The second-order valence-electron chi connectivity index (χ2n) is 6.21. The van der Waals surface area contributed by atoms with Gasteiger partial charge in [-0.15, -0.1) is 0 Å². The van der Waals surface area contributed by atoms with E-state index >= 15 is 0 Å². The molecule has 1 amide bonds. The first kappa shape index (κ1) is 19.0. The van der Waals surface area contributed by atoms with Crippen LogP contribution in [0, 0.1) is 13.8 Å². The van der Waals surface area contributed by atoms with Crippen LogP contribution < -0.4 is 9.62 Å². The average molecular weight is 360 g/mol. The largest absolute Gasteiger partial charge is 0.348 e. The van der Waals surface area contributed by atoms with Gasteiger partial charge in [0.05, 0.1) is 18.0 Å². The van der Waals surface area contributed by atoms with E-state index in [1.54, 1.807) is 0 Å². The van der Waals surface area contributed by atoms with E-state index < -0.39 is 10.0 Å². The van der Waals surface area contributed by atoms with E-state index in [0.717, 1.165) is 22.9 Å². The van der Waals surface area contributed by atoms with Gasteiger partial charge < -0.3 is 5.32 Å². The van der Waals surface area contributed by atoms with Gasteiger partial charge >= 0.3 is 0 Å². The Morgan fingerprint density at radius 2 is 1.60 bits per heavy atom. The molecule has 0 aromatic heterocycles. The van der Waals surface area contributed by atoms with E-state index in [9.17, 15) is 13.2 Å². The third-order valence-corrected chi connectivity index (χ3v) is 5.17. The summed E-state index contributed by atoms with van der Waals surface area (Å²) in [5, 5.41) is 2.86. The summed E-state index contributed by atoms with van der Waals surface area (Å²) < 4.78 is 25.7. The maximum absolute atomic E-state index is 12.5. The maximum atomic E-state index is 12.5. The third kappa shape index (κ3) is 4.82. The van der Waals surface area contributed by atoms with Gasteiger partial charge in [-0.2, -0.15) is 0 Å². The van der Waals surface area contributed by atoms with Gasteiger partial charge in [-0.3, -0.25) is 9.10 Å². The van der Waals surface area contributed by atoms with E-state index in [1.165, 1.54) is 4.31 Å². The molecule has 0 bridgehead atoms. The monoisotopic (exact) mass is 360 g/mol. The number of anilines is 1. The van der Waals surface area contributed by atoms with Gasteiger partial charge in [0, 0.05) is 0 Å². The predicted molar refractivity (Wildman–Crippen MR) is 101 cm³/mol. The highest BCUT2D eigenvalue weighted by Gasteiger charge is 2.24. The Kier molecular flexibility index (Phi) is 5.85. The van der Waals surface area contributed by atoms with Crippen molar-refractivity contribution in [3.63, 3.8) is 0 Å². The van der Waals surface area contributed by atoms with Crippen molar-refractivity contribution in [1.29, 1.82) is 0 Å². The molecule has 5 nitrogen and oxygen atoms in total. The molecule has 2 aromatic carbocycles. The van der Waals surface area contributed by atoms with Crippen molar-refractivity contribution in [1.82, 2.24) is 5.32 Å². The Morgan fingerprint density at radius 3 is 2.12 bits per heavy atom. The summed E-state index contributed by atoms with van der Waals surface area (Å²) in [4.78, 5) is 12.5. The van der Waals surface area contributed by atoms with Crippen molar-refractivity contribution < 1.29 is 13.2 Å². The number of aryl methyl sites for hydroxylation is 2. The van der Waals surface area contributed by atoms with E-state index in [-0.39, 0.29) is 18.5 Å². The molecule has 0 aliphatic heterocycles. The first-order chi connectivity index (χ1) is 11.7. The van der Waals surface area contributed by atoms with Crippen molar-refractivity contribution in [2.45, 2.75) is 26.8 Å². The summed E-state index contributed by atoms with van der Waals surface area (Å²) in [6.07, 6.45) is 1.12. The van der Waals surface area contributed by atoms with Crippen LogP contribution in [0.5, 0.6) is 0 Å². The minimum atomic E-state index is -3.59. The van der Waals surface area contributed by atoms with Crippen molar-refractivity contribution in [3.8, 4) is 0 Å². The number of para-hydroxylation sites is 1. The quantitative estimate of drug-likeness (QED) is 0.861. The first-order valence-corrected chi connectivity index (χ1v) is 9.93. The van der Waals surface area contributed by atoms with Crippen LogP contribution in [-0.2, 0) is 14.8 Å². The number of hydrogen-bond acceptors (Lipinski definition) is 3. The summed E-state index contributed by atoms with van der Waals surface area (Å²) in [7, 11) is -3.59. The standard InChI is InChI=1S/C19H24N2O3S/c1-14-9-8-10-15(2)19(14)21(25(4,23)24)13-18(22)20-16(3)17-11-6-5-7-12-17/h5-12,16H,13H2,1-4H3,(H,20,22)/t16-/m0/s1. The fraction of sp³-hybridized carbons (Fsp3) is 0.316. The van der Waals surface area contributed by atoms with Crippen molar-refractivity contribution in [2.24, 2.45) is 0 Å². The molecule has 0 aliphatic carbocycles. The minimum Gasteiger partial charge on any atom is -0.348 e. The molecule has 2 aromatic rings. The second-order valence-corrected chi connectivity index (χ2v) is 8.12. The van der Waals surface area contributed by atoms with E-state index in [0.29, 0.717) is 5.69 Å². The first-order valence-electron chi connectivity index (χ1n) is 8.08. The second kappa shape index (κ2) is 7.70. The van der Waals surface area contributed by atoms with Crippen LogP contribution in [0.25, 0.3) is 0 Å². The summed E-state index contributed by atoms with van der Waals surface area (Å²) in [5.74, 6) is -0.343. The van der Waals surface area contributed by atoms with Crippen LogP contribution in [0.15, 0.2) is 48.5 Å². The molecular weight excluding hydrogens is 336 g/mol. The summed E-state index contributed by atoms with van der Waals surface area (Å²) >= 11 is 0. The van der Waals surface area contributed by atoms with Gasteiger partial charge in [0.15, 0.2) is 0 Å². The number of nitrogens with zero attached hydrogens (tertiary/aromatic N) is 1. The maximum Gasteiger partial charge on any atom is 0.241 e. The molecule has 0 aliphatic rings. The highest BCUT2D eigenvalue weighted by Crippen LogP contribution is 2.26. The number of benzene rings is 2.